The summed E-state index contributed by atoms with van der Waals surface area (Å²) in [4.78, 5) is 4.03. The largest absolute Gasteiger partial charge is 0.448 e. The Morgan fingerprint density at radius 1 is 1.67 bits per heavy atom. The molecule has 0 aromatic carbocycles. The Balaban J connectivity index is 2.19. The van der Waals surface area contributed by atoms with Gasteiger partial charge in [0.05, 0.1) is 18.2 Å². The Hall–Kier alpha value is -0.540. The van der Waals surface area contributed by atoms with Gasteiger partial charge < -0.3 is 9.15 Å². The van der Waals surface area contributed by atoms with Crippen molar-refractivity contribution >= 4 is 11.6 Å². The number of hydrogen-bond donors (Lipinski definition) is 0. The lowest BCUT2D eigenvalue weighted by atomic mass is 10.1. The molecule has 0 saturated carbocycles. The molecule has 12 heavy (non-hydrogen) atoms. The Morgan fingerprint density at radius 2 is 2.58 bits per heavy atom. The van der Waals surface area contributed by atoms with Crippen LogP contribution < -0.4 is 0 Å². The molecule has 1 saturated heterocycles. The fourth-order valence-electron chi connectivity index (χ4n) is 1.45. The van der Waals surface area contributed by atoms with Gasteiger partial charge in [0.25, 0.3) is 0 Å². The number of oxazole rings is 1. The van der Waals surface area contributed by atoms with Crippen molar-refractivity contribution in [2.24, 2.45) is 0 Å². The van der Waals surface area contributed by atoms with Gasteiger partial charge in [0.15, 0.2) is 6.39 Å². The van der Waals surface area contributed by atoms with E-state index in [2.05, 4.69) is 4.98 Å². The van der Waals surface area contributed by atoms with E-state index in [1.807, 2.05) is 0 Å². The Labute approximate surface area is 75.7 Å². The van der Waals surface area contributed by atoms with E-state index in [1.165, 1.54) is 6.39 Å². The van der Waals surface area contributed by atoms with Crippen molar-refractivity contribution in [3.8, 4) is 0 Å². The van der Waals surface area contributed by atoms with Crippen molar-refractivity contribution in [2.75, 3.05) is 13.2 Å². The Morgan fingerprint density at radius 3 is 3.25 bits per heavy atom. The minimum absolute atomic E-state index is 0.362. The van der Waals surface area contributed by atoms with Crippen LogP contribution in [0.4, 0.5) is 0 Å². The summed E-state index contributed by atoms with van der Waals surface area (Å²) < 4.78 is 10.5. The van der Waals surface area contributed by atoms with Gasteiger partial charge >= 0.3 is 0 Å². The topological polar surface area (TPSA) is 35.3 Å². The lowest BCUT2D eigenvalue weighted by Crippen LogP contribution is -1.98. The summed E-state index contributed by atoms with van der Waals surface area (Å²) in [6.07, 6.45) is 2.46. The molecule has 2 heterocycles. The molecule has 0 amide bonds. The quantitative estimate of drug-likeness (QED) is 0.664. The first-order chi connectivity index (χ1) is 5.92. The highest BCUT2D eigenvalue weighted by atomic mass is 35.5. The second-order valence-corrected chi connectivity index (χ2v) is 3.12. The lowest BCUT2D eigenvalue weighted by molar-refractivity contribution is 0.191. The third-order valence-electron chi connectivity index (χ3n) is 2.10. The SMILES string of the molecule is ClCc1ncoc1C1CCOC1. The molecule has 1 aliphatic heterocycles. The van der Waals surface area contributed by atoms with E-state index in [9.17, 15) is 0 Å². The Kier molecular flexibility index (Phi) is 2.33. The number of ether oxygens (including phenoxy) is 1. The highest BCUT2D eigenvalue weighted by molar-refractivity contribution is 6.16. The molecule has 0 radical (unpaired) electrons. The van der Waals surface area contributed by atoms with E-state index >= 15 is 0 Å². The molecule has 2 rings (SSSR count). The van der Waals surface area contributed by atoms with Crippen LogP contribution in [-0.2, 0) is 10.6 Å². The van der Waals surface area contributed by atoms with Crippen LogP contribution in [0.1, 0.15) is 23.8 Å². The van der Waals surface area contributed by atoms with Crippen LogP contribution in [0.5, 0.6) is 0 Å². The van der Waals surface area contributed by atoms with E-state index < -0.39 is 0 Å². The molecule has 4 heteroatoms. The molecular formula is C8H10ClNO2. The number of aromatic nitrogens is 1. The molecule has 0 N–H and O–H groups in total. The van der Waals surface area contributed by atoms with Crippen molar-refractivity contribution in [3.05, 3.63) is 17.8 Å². The second kappa shape index (κ2) is 3.46. The summed E-state index contributed by atoms with van der Waals surface area (Å²) in [5.41, 5.74) is 0.854. The van der Waals surface area contributed by atoms with Gasteiger partial charge in [-0.25, -0.2) is 4.98 Å². The first kappa shape index (κ1) is 8.08. The van der Waals surface area contributed by atoms with Crippen LogP contribution in [0.3, 0.4) is 0 Å². The van der Waals surface area contributed by atoms with E-state index in [0.717, 1.165) is 31.1 Å². The van der Waals surface area contributed by atoms with Crippen molar-refractivity contribution in [3.63, 3.8) is 0 Å². The zero-order chi connectivity index (χ0) is 8.39. The predicted molar refractivity (Wildman–Crippen MR) is 44.2 cm³/mol. The molecule has 1 atom stereocenters. The van der Waals surface area contributed by atoms with Crippen molar-refractivity contribution < 1.29 is 9.15 Å². The van der Waals surface area contributed by atoms with Crippen molar-refractivity contribution in [1.29, 1.82) is 0 Å². The zero-order valence-electron chi connectivity index (χ0n) is 6.62. The molecule has 1 unspecified atom stereocenters. The van der Waals surface area contributed by atoms with E-state index in [4.69, 9.17) is 20.8 Å². The highest BCUT2D eigenvalue weighted by Crippen LogP contribution is 2.27. The molecule has 1 fully saturated rings. The van der Waals surface area contributed by atoms with E-state index in [0.29, 0.717) is 11.8 Å². The van der Waals surface area contributed by atoms with Crippen molar-refractivity contribution in [2.45, 2.75) is 18.2 Å². The summed E-state index contributed by atoms with van der Waals surface area (Å²) in [7, 11) is 0. The highest BCUT2D eigenvalue weighted by Gasteiger charge is 2.23. The summed E-state index contributed by atoms with van der Waals surface area (Å²) in [5.74, 6) is 1.69. The molecular weight excluding hydrogens is 178 g/mol. The maximum Gasteiger partial charge on any atom is 0.181 e. The predicted octanol–water partition coefficient (Wildman–Crippen LogP) is 1.92. The first-order valence-corrected chi connectivity index (χ1v) is 4.51. The van der Waals surface area contributed by atoms with Gasteiger partial charge in [-0.2, -0.15) is 0 Å². The molecule has 0 spiro atoms. The Bertz CT molecular complexity index is 255. The van der Waals surface area contributed by atoms with Gasteiger partial charge in [-0.05, 0) is 6.42 Å². The standard InChI is InChI=1S/C8H10ClNO2/c9-3-7-8(12-5-10-7)6-1-2-11-4-6/h5-6H,1-4H2. The minimum Gasteiger partial charge on any atom is -0.448 e. The smallest absolute Gasteiger partial charge is 0.181 e. The summed E-state index contributed by atoms with van der Waals surface area (Å²) in [6.45, 7) is 1.55. The monoisotopic (exact) mass is 187 g/mol. The maximum atomic E-state index is 5.69. The van der Waals surface area contributed by atoms with E-state index in [-0.39, 0.29) is 0 Å². The second-order valence-electron chi connectivity index (χ2n) is 2.86. The fraction of sp³-hybridized carbons (Fsp3) is 0.625. The average Bonchev–Trinajstić information content (AvgIpc) is 2.74. The number of nitrogens with zero attached hydrogens (tertiary/aromatic N) is 1. The van der Waals surface area contributed by atoms with E-state index in [1.54, 1.807) is 0 Å². The van der Waals surface area contributed by atoms with Crippen LogP contribution in [0.15, 0.2) is 10.8 Å². The summed E-state index contributed by atoms with van der Waals surface area (Å²) >= 11 is 5.69. The molecule has 66 valence electrons. The number of alkyl halides is 1. The number of hydrogen-bond acceptors (Lipinski definition) is 3. The van der Waals surface area contributed by atoms with Crippen LogP contribution in [0.25, 0.3) is 0 Å². The molecule has 1 aromatic heterocycles. The zero-order valence-corrected chi connectivity index (χ0v) is 7.38. The average molecular weight is 188 g/mol. The van der Waals surface area contributed by atoms with Crippen LogP contribution in [0, 0.1) is 0 Å². The summed E-state index contributed by atoms with van der Waals surface area (Å²) in [5, 5.41) is 0. The third kappa shape index (κ3) is 1.34. The fourth-order valence-corrected chi connectivity index (χ4v) is 1.65. The molecule has 0 aliphatic carbocycles. The number of halogens is 1. The van der Waals surface area contributed by atoms with Crippen LogP contribution in [-0.4, -0.2) is 18.2 Å². The maximum absolute atomic E-state index is 5.69. The van der Waals surface area contributed by atoms with Gasteiger partial charge in [-0.15, -0.1) is 11.6 Å². The summed E-state index contributed by atoms with van der Waals surface area (Å²) in [6, 6.07) is 0. The molecule has 0 bridgehead atoms. The number of rotatable bonds is 2. The van der Waals surface area contributed by atoms with Gasteiger partial charge in [0.2, 0.25) is 0 Å². The third-order valence-corrected chi connectivity index (χ3v) is 2.35. The van der Waals surface area contributed by atoms with Crippen LogP contribution >= 0.6 is 11.6 Å². The molecule has 1 aliphatic rings. The molecule has 3 nitrogen and oxygen atoms in total. The van der Waals surface area contributed by atoms with Gasteiger partial charge in [0, 0.05) is 12.5 Å². The van der Waals surface area contributed by atoms with Gasteiger partial charge in [0.1, 0.15) is 5.76 Å². The van der Waals surface area contributed by atoms with Crippen LogP contribution in [0.2, 0.25) is 0 Å². The first-order valence-electron chi connectivity index (χ1n) is 3.97. The minimum atomic E-state index is 0.362. The lowest BCUT2D eigenvalue weighted by Gasteiger charge is -2.03. The van der Waals surface area contributed by atoms with Gasteiger partial charge in [-0.3, -0.25) is 0 Å². The van der Waals surface area contributed by atoms with Gasteiger partial charge in [-0.1, -0.05) is 0 Å². The normalized spacial score (nSPS) is 23.2. The molecule has 1 aromatic rings. The van der Waals surface area contributed by atoms with Crippen molar-refractivity contribution in [1.82, 2.24) is 4.98 Å².